The summed E-state index contributed by atoms with van der Waals surface area (Å²) < 4.78 is 5.22. The first-order valence-corrected chi connectivity index (χ1v) is 8.48. The lowest BCUT2D eigenvalue weighted by Gasteiger charge is -2.27. The fourth-order valence-corrected chi connectivity index (χ4v) is 3.24. The summed E-state index contributed by atoms with van der Waals surface area (Å²) in [7, 11) is 1.54. The van der Waals surface area contributed by atoms with Crippen LogP contribution < -0.4 is 10.1 Å². The number of likely N-dealkylation sites (tertiary alicyclic amines) is 1. The van der Waals surface area contributed by atoms with Gasteiger partial charge < -0.3 is 14.7 Å². The molecule has 1 aromatic heterocycles. The topological polar surface area (TPSA) is 74.7 Å². The average Bonchev–Trinajstić information content (AvgIpc) is 3.11. The van der Waals surface area contributed by atoms with Crippen LogP contribution >= 0.6 is 0 Å². The average molecular weight is 341 g/mol. The van der Waals surface area contributed by atoms with Crippen molar-refractivity contribution in [3.63, 3.8) is 0 Å². The monoisotopic (exact) mass is 341 g/mol. The highest BCUT2D eigenvalue weighted by molar-refractivity contribution is 5.90. The van der Waals surface area contributed by atoms with E-state index in [9.17, 15) is 9.90 Å². The summed E-state index contributed by atoms with van der Waals surface area (Å²) in [5.74, 6) is 0.931. The molecule has 132 valence electrons. The molecule has 0 saturated carbocycles. The number of carbonyl (C=O) groups is 1. The van der Waals surface area contributed by atoms with Gasteiger partial charge in [0.1, 0.15) is 0 Å². The Morgan fingerprint density at radius 2 is 2.16 bits per heavy atom. The molecule has 1 aromatic carbocycles. The molecule has 2 heterocycles. The fourth-order valence-electron chi connectivity index (χ4n) is 3.24. The first kappa shape index (κ1) is 17.2. The Morgan fingerprint density at radius 1 is 1.36 bits per heavy atom. The van der Waals surface area contributed by atoms with Gasteiger partial charge in [0.2, 0.25) is 0 Å². The van der Waals surface area contributed by atoms with Gasteiger partial charge in [-0.15, -0.1) is 0 Å². The lowest BCUT2D eigenvalue weighted by Crippen LogP contribution is -2.39. The van der Waals surface area contributed by atoms with E-state index in [-0.39, 0.29) is 12.1 Å². The van der Waals surface area contributed by atoms with Crippen molar-refractivity contribution in [3.05, 3.63) is 54.2 Å². The van der Waals surface area contributed by atoms with Crippen LogP contribution in [0.2, 0.25) is 0 Å². The summed E-state index contributed by atoms with van der Waals surface area (Å²) in [5, 5.41) is 13.3. The number of pyridine rings is 1. The summed E-state index contributed by atoms with van der Waals surface area (Å²) in [6, 6.07) is 12.9. The van der Waals surface area contributed by atoms with E-state index < -0.39 is 6.10 Å². The summed E-state index contributed by atoms with van der Waals surface area (Å²) >= 11 is 0. The van der Waals surface area contributed by atoms with Crippen molar-refractivity contribution < 1.29 is 14.6 Å². The SMILES string of the molecule is COc1cccnc1NC(=O)N1CCC[C@@H]1C[C@@H](O)c1ccccc1. The highest BCUT2D eigenvalue weighted by Gasteiger charge is 2.31. The minimum absolute atomic E-state index is 0.00455. The summed E-state index contributed by atoms with van der Waals surface area (Å²) in [6.07, 6.45) is 3.37. The summed E-state index contributed by atoms with van der Waals surface area (Å²) in [6.45, 7) is 0.674. The van der Waals surface area contributed by atoms with Crippen molar-refractivity contribution in [1.29, 1.82) is 0 Å². The number of hydrogen-bond acceptors (Lipinski definition) is 4. The molecule has 6 nitrogen and oxygen atoms in total. The van der Waals surface area contributed by atoms with Crippen LogP contribution in [0.3, 0.4) is 0 Å². The molecule has 2 atom stereocenters. The van der Waals surface area contributed by atoms with E-state index in [0.29, 0.717) is 24.5 Å². The lowest BCUT2D eigenvalue weighted by molar-refractivity contribution is 0.129. The number of rotatable bonds is 5. The highest BCUT2D eigenvalue weighted by Crippen LogP contribution is 2.28. The maximum atomic E-state index is 12.6. The zero-order valence-corrected chi connectivity index (χ0v) is 14.3. The molecule has 1 aliphatic heterocycles. The Morgan fingerprint density at radius 3 is 2.92 bits per heavy atom. The Labute approximate surface area is 147 Å². The molecule has 2 aromatic rings. The van der Waals surface area contributed by atoms with E-state index >= 15 is 0 Å². The van der Waals surface area contributed by atoms with Crippen molar-refractivity contribution in [3.8, 4) is 5.75 Å². The van der Waals surface area contributed by atoms with Gasteiger partial charge in [0, 0.05) is 18.8 Å². The minimum Gasteiger partial charge on any atom is -0.493 e. The minimum atomic E-state index is -0.580. The smallest absolute Gasteiger partial charge is 0.323 e. The molecule has 1 aliphatic rings. The Bertz CT molecular complexity index is 708. The van der Waals surface area contributed by atoms with Gasteiger partial charge in [0.05, 0.1) is 13.2 Å². The number of nitrogens with one attached hydrogen (secondary N) is 1. The molecule has 0 spiro atoms. The molecule has 0 aliphatic carbocycles. The van der Waals surface area contributed by atoms with Crippen LogP contribution in [0.5, 0.6) is 5.75 Å². The molecule has 3 rings (SSSR count). The van der Waals surface area contributed by atoms with Gasteiger partial charge in [0.15, 0.2) is 11.6 Å². The predicted octanol–water partition coefficient (Wildman–Crippen LogP) is 3.21. The van der Waals surface area contributed by atoms with Crippen LogP contribution in [0.4, 0.5) is 10.6 Å². The van der Waals surface area contributed by atoms with Crippen molar-refractivity contribution in [2.24, 2.45) is 0 Å². The number of ether oxygens (including phenoxy) is 1. The van der Waals surface area contributed by atoms with Crippen LogP contribution in [0.15, 0.2) is 48.7 Å². The van der Waals surface area contributed by atoms with E-state index in [4.69, 9.17) is 4.74 Å². The van der Waals surface area contributed by atoms with Gasteiger partial charge in [-0.25, -0.2) is 9.78 Å². The number of nitrogens with zero attached hydrogens (tertiary/aromatic N) is 2. The second-order valence-corrected chi connectivity index (χ2v) is 6.14. The number of aromatic nitrogens is 1. The molecule has 2 N–H and O–H groups in total. The summed E-state index contributed by atoms with van der Waals surface area (Å²) in [5.41, 5.74) is 0.876. The van der Waals surface area contributed by atoms with Gasteiger partial charge in [0.25, 0.3) is 0 Å². The molecule has 2 amide bonds. The van der Waals surface area contributed by atoms with Crippen LogP contribution in [-0.4, -0.2) is 40.7 Å². The number of amides is 2. The third-order valence-electron chi connectivity index (χ3n) is 4.53. The molecule has 6 heteroatoms. The van der Waals surface area contributed by atoms with Crippen LogP contribution in [0.25, 0.3) is 0 Å². The van der Waals surface area contributed by atoms with Gasteiger partial charge in [-0.2, -0.15) is 0 Å². The van der Waals surface area contributed by atoms with E-state index in [0.717, 1.165) is 18.4 Å². The van der Waals surface area contributed by atoms with Gasteiger partial charge in [-0.1, -0.05) is 30.3 Å². The normalized spacial score (nSPS) is 18.0. The van der Waals surface area contributed by atoms with E-state index in [1.807, 2.05) is 30.3 Å². The molecule has 0 radical (unpaired) electrons. The number of methoxy groups -OCH3 is 1. The van der Waals surface area contributed by atoms with Crippen LogP contribution in [-0.2, 0) is 0 Å². The molecule has 0 unspecified atom stereocenters. The Kier molecular flexibility index (Phi) is 5.50. The van der Waals surface area contributed by atoms with Crippen molar-refractivity contribution in [2.75, 3.05) is 19.0 Å². The first-order chi connectivity index (χ1) is 12.2. The fraction of sp³-hybridized carbons (Fsp3) is 0.368. The van der Waals surface area contributed by atoms with Gasteiger partial charge >= 0.3 is 6.03 Å². The number of carbonyl (C=O) groups excluding carboxylic acids is 1. The van der Waals surface area contributed by atoms with Gasteiger partial charge in [-0.3, -0.25) is 5.32 Å². The second-order valence-electron chi connectivity index (χ2n) is 6.14. The second kappa shape index (κ2) is 7.98. The number of aliphatic hydroxyl groups is 1. The molecule has 0 bridgehead atoms. The quantitative estimate of drug-likeness (QED) is 0.876. The van der Waals surface area contributed by atoms with Crippen molar-refractivity contribution in [1.82, 2.24) is 9.88 Å². The maximum absolute atomic E-state index is 12.6. The number of urea groups is 1. The summed E-state index contributed by atoms with van der Waals surface area (Å²) in [4.78, 5) is 18.6. The van der Waals surface area contributed by atoms with Crippen LogP contribution in [0, 0.1) is 0 Å². The third kappa shape index (κ3) is 4.09. The molecule has 25 heavy (non-hydrogen) atoms. The first-order valence-electron chi connectivity index (χ1n) is 8.48. The third-order valence-corrected chi connectivity index (χ3v) is 4.53. The van der Waals surface area contributed by atoms with Crippen molar-refractivity contribution in [2.45, 2.75) is 31.4 Å². The Hall–Kier alpha value is -2.60. The standard InChI is InChI=1S/C19H23N3O3/c1-25-17-10-5-11-20-18(17)21-19(24)22-12-6-9-15(22)13-16(23)14-7-3-2-4-8-14/h2-5,7-8,10-11,15-16,23H,6,9,12-13H2,1H3,(H,20,21,24)/t15-,16-/m1/s1. The Balaban J connectivity index is 1.65. The molecule has 1 saturated heterocycles. The largest absolute Gasteiger partial charge is 0.493 e. The highest BCUT2D eigenvalue weighted by atomic mass is 16.5. The number of anilines is 1. The molecule has 1 fully saturated rings. The van der Waals surface area contributed by atoms with Crippen molar-refractivity contribution >= 4 is 11.8 Å². The zero-order valence-electron chi connectivity index (χ0n) is 14.3. The number of aliphatic hydroxyl groups excluding tert-OH is 1. The van der Waals surface area contributed by atoms with Gasteiger partial charge in [-0.05, 0) is 37.0 Å². The van der Waals surface area contributed by atoms with E-state index in [2.05, 4.69) is 10.3 Å². The predicted molar refractivity (Wildman–Crippen MR) is 95.6 cm³/mol. The lowest BCUT2D eigenvalue weighted by atomic mass is 10.0. The van der Waals surface area contributed by atoms with Crippen LogP contribution in [0.1, 0.15) is 30.9 Å². The number of benzene rings is 1. The zero-order chi connectivity index (χ0) is 17.6. The van der Waals surface area contributed by atoms with E-state index in [1.54, 1.807) is 30.3 Å². The molecular formula is C19H23N3O3. The number of hydrogen-bond donors (Lipinski definition) is 2. The molecular weight excluding hydrogens is 318 g/mol. The van der Waals surface area contributed by atoms with E-state index in [1.165, 1.54) is 0 Å². The maximum Gasteiger partial charge on any atom is 0.323 e.